The summed E-state index contributed by atoms with van der Waals surface area (Å²) in [5, 5.41) is 7.28. The van der Waals surface area contributed by atoms with E-state index in [2.05, 4.69) is 20.2 Å². The molecule has 134 valence electrons. The Bertz CT molecular complexity index is 701. The highest BCUT2D eigenvalue weighted by molar-refractivity contribution is 5.94. The van der Waals surface area contributed by atoms with E-state index < -0.39 is 0 Å². The number of pyridine rings is 1. The number of methoxy groups -OCH3 is 2. The van der Waals surface area contributed by atoms with Gasteiger partial charge in [-0.05, 0) is 18.9 Å². The van der Waals surface area contributed by atoms with Gasteiger partial charge in [-0.15, -0.1) is 0 Å². The number of carbonyl (C=O) groups is 1. The predicted molar refractivity (Wildman–Crippen MR) is 90.6 cm³/mol. The Hall–Kier alpha value is -2.48. The Morgan fingerprint density at radius 2 is 2.28 bits per heavy atom. The van der Waals surface area contributed by atoms with Gasteiger partial charge < -0.3 is 14.4 Å². The number of rotatable bonds is 6. The minimum absolute atomic E-state index is 0.0185. The van der Waals surface area contributed by atoms with Crippen LogP contribution in [-0.2, 0) is 11.2 Å². The number of H-pyrrole nitrogens is 1. The fourth-order valence-electron chi connectivity index (χ4n) is 2.99. The number of nitrogens with zero attached hydrogens (tertiary/aromatic N) is 4. The number of hydrogen-bond acceptors (Lipinski definition) is 6. The normalized spacial score (nSPS) is 17.5. The molecule has 0 unspecified atom stereocenters. The largest absolute Gasteiger partial charge is 0.481 e. The molecule has 8 nitrogen and oxygen atoms in total. The van der Waals surface area contributed by atoms with Crippen molar-refractivity contribution in [1.29, 1.82) is 0 Å². The Balaban J connectivity index is 1.65. The molecule has 1 atom stereocenters. The maximum absolute atomic E-state index is 12.7. The summed E-state index contributed by atoms with van der Waals surface area (Å²) in [5.74, 6) is 2.22. The van der Waals surface area contributed by atoms with Gasteiger partial charge in [-0.2, -0.15) is 5.10 Å². The number of nitrogens with one attached hydrogen (secondary N) is 1. The van der Waals surface area contributed by atoms with Crippen molar-refractivity contribution in [2.45, 2.75) is 25.2 Å². The van der Waals surface area contributed by atoms with Gasteiger partial charge in [0.25, 0.3) is 5.91 Å². The van der Waals surface area contributed by atoms with E-state index in [0.717, 1.165) is 31.0 Å². The van der Waals surface area contributed by atoms with E-state index in [1.54, 1.807) is 32.5 Å². The zero-order valence-electron chi connectivity index (χ0n) is 14.6. The number of likely N-dealkylation sites (tertiary alicyclic amines) is 1. The molecular weight excluding hydrogens is 322 g/mol. The third kappa shape index (κ3) is 4.14. The van der Waals surface area contributed by atoms with Crippen LogP contribution in [0.25, 0.3) is 0 Å². The molecule has 1 amide bonds. The predicted octanol–water partition coefficient (Wildman–Crippen LogP) is 1.42. The number of aromatic nitrogens is 4. The average Bonchev–Trinajstić information content (AvgIpc) is 3.15. The molecule has 0 spiro atoms. The van der Waals surface area contributed by atoms with Gasteiger partial charge in [0.05, 0.1) is 19.3 Å². The molecule has 0 aromatic carbocycles. The lowest BCUT2D eigenvalue weighted by Crippen LogP contribution is -2.39. The highest BCUT2D eigenvalue weighted by atomic mass is 16.5. The first-order valence-corrected chi connectivity index (χ1v) is 8.40. The zero-order valence-corrected chi connectivity index (χ0v) is 14.6. The van der Waals surface area contributed by atoms with E-state index >= 15 is 0 Å². The van der Waals surface area contributed by atoms with Crippen molar-refractivity contribution < 1.29 is 14.3 Å². The number of aromatic amines is 1. The van der Waals surface area contributed by atoms with Crippen LogP contribution in [0.4, 0.5) is 0 Å². The molecule has 0 radical (unpaired) electrons. The molecule has 2 aromatic heterocycles. The smallest absolute Gasteiger partial charge is 0.255 e. The van der Waals surface area contributed by atoms with Crippen molar-refractivity contribution in [3.63, 3.8) is 0 Å². The molecule has 1 aliphatic heterocycles. The second-order valence-electron chi connectivity index (χ2n) is 6.06. The molecule has 1 N–H and O–H groups in total. The maximum atomic E-state index is 12.7. The van der Waals surface area contributed by atoms with Crippen LogP contribution in [-0.4, -0.2) is 64.9 Å². The molecule has 2 aromatic rings. The summed E-state index contributed by atoms with van der Waals surface area (Å²) in [6.07, 6.45) is 4.17. The fourth-order valence-corrected chi connectivity index (χ4v) is 2.99. The third-order valence-electron chi connectivity index (χ3n) is 4.36. The SMILES string of the molecule is COCCc1nc([C@@H]2CCCN(C(=O)c3ccc(OC)nc3)C2)n[nH]1. The summed E-state index contributed by atoms with van der Waals surface area (Å²) >= 11 is 0. The zero-order chi connectivity index (χ0) is 17.6. The lowest BCUT2D eigenvalue weighted by molar-refractivity contribution is 0.0704. The summed E-state index contributed by atoms with van der Waals surface area (Å²) in [6.45, 7) is 1.96. The Labute approximate surface area is 146 Å². The molecule has 25 heavy (non-hydrogen) atoms. The fraction of sp³-hybridized carbons (Fsp3) is 0.529. The average molecular weight is 345 g/mol. The number of carbonyl (C=O) groups excluding carboxylic acids is 1. The van der Waals surface area contributed by atoms with Gasteiger partial charge in [0.15, 0.2) is 5.82 Å². The Morgan fingerprint density at radius 3 is 3.00 bits per heavy atom. The van der Waals surface area contributed by atoms with E-state index in [9.17, 15) is 4.79 Å². The number of piperidine rings is 1. The van der Waals surface area contributed by atoms with Crippen LogP contribution in [0.3, 0.4) is 0 Å². The topological polar surface area (TPSA) is 93.2 Å². The van der Waals surface area contributed by atoms with Crippen LogP contribution in [0.15, 0.2) is 18.3 Å². The lowest BCUT2D eigenvalue weighted by Gasteiger charge is -2.31. The highest BCUT2D eigenvalue weighted by Gasteiger charge is 2.28. The first-order valence-electron chi connectivity index (χ1n) is 8.40. The van der Waals surface area contributed by atoms with E-state index in [1.165, 1.54) is 0 Å². The Kier molecular flexibility index (Phi) is 5.60. The summed E-state index contributed by atoms with van der Waals surface area (Å²) in [5.41, 5.74) is 0.567. The first-order chi connectivity index (χ1) is 12.2. The van der Waals surface area contributed by atoms with E-state index in [-0.39, 0.29) is 11.8 Å². The van der Waals surface area contributed by atoms with E-state index in [4.69, 9.17) is 9.47 Å². The monoisotopic (exact) mass is 345 g/mol. The van der Waals surface area contributed by atoms with Crippen LogP contribution in [0.5, 0.6) is 5.88 Å². The molecule has 0 aliphatic carbocycles. The highest BCUT2D eigenvalue weighted by Crippen LogP contribution is 2.25. The van der Waals surface area contributed by atoms with E-state index in [1.807, 2.05) is 4.90 Å². The quantitative estimate of drug-likeness (QED) is 0.851. The number of amides is 1. The second-order valence-corrected chi connectivity index (χ2v) is 6.06. The van der Waals surface area contributed by atoms with Crippen molar-refractivity contribution >= 4 is 5.91 Å². The van der Waals surface area contributed by atoms with Crippen molar-refractivity contribution in [1.82, 2.24) is 25.1 Å². The van der Waals surface area contributed by atoms with Gasteiger partial charge >= 0.3 is 0 Å². The molecule has 1 saturated heterocycles. The Morgan fingerprint density at radius 1 is 1.40 bits per heavy atom. The summed E-state index contributed by atoms with van der Waals surface area (Å²) in [4.78, 5) is 23.2. The lowest BCUT2D eigenvalue weighted by atomic mass is 9.97. The summed E-state index contributed by atoms with van der Waals surface area (Å²) < 4.78 is 10.1. The molecule has 0 saturated carbocycles. The van der Waals surface area contributed by atoms with Gasteiger partial charge in [0.1, 0.15) is 5.82 Å². The summed E-state index contributed by atoms with van der Waals surface area (Å²) in [7, 11) is 3.22. The van der Waals surface area contributed by atoms with Gasteiger partial charge in [0, 0.05) is 44.8 Å². The van der Waals surface area contributed by atoms with Gasteiger partial charge in [-0.3, -0.25) is 9.89 Å². The summed E-state index contributed by atoms with van der Waals surface area (Å²) in [6, 6.07) is 3.44. The van der Waals surface area contributed by atoms with Crippen LogP contribution < -0.4 is 4.74 Å². The first kappa shape index (κ1) is 17.3. The van der Waals surface area contributed by atoms with Gasteiger partial charge in [-0.25, -0.2) is 9.97 Å². The molecular formula is C17H23N5O3. The molecule has 1 aliphatic rings. The molecule has 8 heteroatoms. The molecule has 3 rings (SSSR count). The minimum Gasteiger partial charge on any atom is -0.481 e. The van der Waals surface area contributed by atoms with Crippen molar-refractivity contribution in [2.24, 2.45) is 0 Å². The number of hydrogen-bond donors (Lipinski definition) is 1. The molecule has 3 heterocycles. The van der Waals surface area contributed by atoms with Crippen LogP contribution >= 0.6 is 0 Å². The van der Waals surface area contributed by atoms with Crippen molar-refractivity contribution in [3.8, 4) is 5.88 Å². The van der Waals surface area contributed by atoms with Crippen LogP contribution in [0.1, 0.15) is 40.8 Å². The third-order valence-corrected chi connectivity index (χ3v) is 4.36. The van der Waals surface area contributed by atoms with Gasteiger partial charge in [0.2, 0.25) is 5.88 Å². The van der Waals surface area contributed by atoms with E-state index in [0.29, 0.717) is 31.0 Å². The van der Waals surface area contributed by atoms with Crippen LogP contribution in [0, 0.1) is 0 Å². The maximum Gasteiger partial charge on any atom is 0.255 e. The van der Waals surface area contributed by atoms with Crippen molar-refractivity contribution in [3.05, 3.63) is 35.5 Å². The second kappa shape index (κ2) is 8.06. The van der Waals surface area contributed by atoms with Gasteiger partial charge in [-0.1, -0.05) is 0 Å². The number of ether oxygens (including phenoxy) is 2. The van der Waals surface area contributed by atoms with Crippen molar-refractivity contribution in [2.75, 3.05) is 33.9 Å². The van der Waals surface area contributed by atoms with Crippen LogP contribution in [0.2, 0.25) is 0 Å². The standard InChI is InChI=1S/C17H23N5O3/c1-24-9-7-14-19-16(21-20-14)13-4-3-8-22(11-13)17(23)12-5-6-15(25-2)18-10-12/h5-6,10,13H,3-4,7-9,11H2,1-2H3,(H,19,20,21)/t13-/m1/s1. The molecule has 1 fully saturated rings. The molecule has 0 bridgehead atoms. The minimum atomic E-state index is -0.0185.